The smallest absolute Gasteiger partial charge is 0.338 e. The van der Waals surface area contributed by atoms with E-state index in [9.17, 15) is 18.0 Å². The summed E-state index contributed by atoms with van der Waals surface area (Å²) in [6, 6.07) is 2.55. The quantitative estimate of drug-likeness (QED) is 0.901. The highest BCUT2D eigenvalue weighted by molar-refractivity contribution is 5.74. The number of imidazole rings is 1. The van der Waals surface area contributed by atoms with Crippen LogP contribution in [0.1, 0.15) is 38.6 Å². The Morgan fingerprint density at radius 1 is 1.35 bits per heavy atom. The van der Waals surface area contributed by atoms with E-state index < -0.39 is 12.0 Å². The maximum Gasteiger partial charge on any atom is 0.449 e. The molecule has 1 saturated heterocycles. The number of pyridine rings is 1. The van der Waals surface area contributed by atoms with Crippen molar-refractivity contribution in [3.8, 4) is 0 Å². The lowest BCUT2D eigenvalue weighted by molar-refractivity contribution is -0.147. The number of halogens is 3. The molecule has 9 heteroatoms. The molecule has 1 aliphatic rings. The minimum absolute atomic E-state index is 0.165. The number of nitrogens with one attached hydrogen (secondary N) is 1. The molecule has 2 aromatic rings. The van der Waals surface area contributed by atoms with Gasteiger partial charge in [0.05, 0.1) is 0 Å². The molecular weight excluding hydrogens is 347 g/mol. The van der Waals surface area contributed by atoms with Gasteiger partial charge in [0, 0.05) is 31.9 Å². The molecular formula is C17H22F3N5O. The molecule has 1 fully saturated rings. The first-order valence-electron chi connectivity index (χ1n) is 8.70. The van der Waals surface area contributed by atoms with Crippen molar-refractivity contribution < 1.29 is 18.0 Å². The Hall–Kier alpha value is -2.32. The summed E-state index contributed by atoms with van der Waals surface area (Å²) in [5.74, 6) is -0.580. The van der Waals surface area contributed by atoms with E-state index in [2.05, 4.69) is 15.3 Å². The van der Waals surface area contributed by atoms with Gasteiger partial charge in [-0.1, -0.05) is 13.8 Å². The summed E-state index contributed by atoms with van der Waals surface area (Å²) in [6.07, 6.45) is -2.22. The van der Waals surface area contributed by atoms with Gasteiger partial charge in [0.2, 0.25) is 5.82 Å². The van der Waals surface area contributed by atoms with Crippen LogP contribution in [0.5, 0.6) is 0 Å². The van der Waals surface area contributed by atoms with E-state index in [4.69, 9.17) is 0 Å². The fourth-order valence-corrected chi connectivity index (χ4v) is 3.21. The van der Waals surface area contributed by atoms with Gasteiger partial charge in [0.25, 0.3) is 0 Å². The second-order valence-electron chi connectivity index (χ2n) is 6.95. The molecule has 3 rings (SSSR count). The van der Waals surface area contributed by atoms with Crippen molar-refractivity contribution in [1.82, 2.24) is 24.8 Å². The second kappa shape index (κ2) is 7.13. The third kappa shape index (κ3) is 3.76. The number of piperidine rings is 1. The molecule has 0 unspecified atom stereocenters. The molecule has 0 atom stereocenters. The minimum Gasteiger partial charge on any atom is -0.338 e. The molecule has 1 aliphatic heterocycles. The van der Waals surface area contributed by atoms with Crippen molar-refractivity contribution in [2.45, 2.75) is 38.9 Å². The van der Waals surface area contributed by atoms with E-state index in [0.29, 0.717) is 38.4 Å². The Morgan fingerprint density at radius 3 is 2.65 bits per heavy atom. The van der Waals surface area contributed by atoms with Crippen LogP contribution in [0.25, 0.3) is 11.2 Å². The number of nitrogens with zero attached hydrogens (tertiary/aromatic N) is 4. The van der Waals surface area contributed by atoms with Crippen molar-refractivity contribution >= 4 is 17.2 Å². The summed E-state index contributed by atoms with van der Waals surface area (Å²) in [4.78, 5) is 21.6. The molecule has 0 aromatic carbocycles. The number of hydrogen-bond donors (Lipinski definition) is 1. The Kier molecular flexibility index (Phi) is 5.06. The molecule has 0 spiro atoms. The van der Waals surface area contributed by atoms with Crippen LogP contribution >= 0.6 is 0 Å². The first-order valence-corrected chi connectivity index (χ1v) is 8.70. The summed E-state index contributed by atoms with van der Waals surface area (Å²) in [5.41, 5.74) is 0.472. The van der Waals surface area contributed by atoms with Gasteiger partial charge in [-0.3, -0.25) is 0 Å². The maximum absolute atomic E-state index is 13.4. The van der Waals surface area contributed by atoms with Crippen LogP contribution in [0.2, 0.25) is 0 Å². The van der Waals surface area contributed by atoms with Crippen molar-refractivity contribution in [3.63, 3.8) is 0 Å². The van der Waals surface area contributed by atoms with Crippen LogP contribution in [0.4, 0.5) is 18.0 Å². The van der Waals surface area contributed by atoms with Gasteiger partial charge in [-0.15, -0.1) is 0 Å². The molecule has 142 valence electrons. The van der Waals surface area contributed by atoms with Gasteiger partial charge < -0.3 is 14.8 Å². The third-order valence-corrected chi connectivity index (χ3v) is 4.48. The molecule has 0 radical (unpaired) electrons. The molecule has 2 amide bonds. The zero-order valence-electron chi connectivity index (χ0n) is 14.8. The zero-order valence-corrected chi connectivity index (χ0v) is 14.8. The van der Waals surface area contributed by atoms with Crippen molar-refractivity contribution in [1.29, 1.82) is 0 Å². The topological polar surface area (TPSA) is 63.1 Å². The van der Waals surface area contributed by atoms with Crippen LogP contribution < -0.4 is 5.32 Å². The Morgan fingerprint density at radius 2 is 2.04 bits per heavy atom. The number of likely N-dealkylation sites (tertiary alicyclic amines) is 1. The Balaban J connectivity index is 1.78. The van der Waals surface area contributed by atoms with E-state index in [1.54, 1.807) is 11.0 Å². The third-order valence-electron chi connectivity index (χ3n) is 4.48. The van der Waals surface area contributed by atoms with Crippen LogP contribution in [0, 0.1) is 5.92 Å². The lowest BCUT2D eigenvalue weighted by Crippen LogP contribution is -2.45. The molecule has 0 aliphatic carbocycles. The number of hydrogen-bond acceptors (Lipinski definition) is 3. The van der Waals surface area contributed by atoms with Crippen molar-refractivity contribution in [3.05, 3.63) is 24.2 Å². The maximum atomic E-state index is 13.4. The van der Waals surface area contributed by atoms with Gasteiger partial charge in [-0.2, -0.15) is 13.2 Å². The molecule has 3 heterocycles. The number of fused-ring (bicyclic) bond motifs is 1. The lowest BCUT2D eigenvalue weighted by Gasteiger charge is -2.33. The largest absolute Gasteiger partial charge is 0.449 e. The van der Waals surface area contributed by atoms with Gasteiger partial charge in [-0.05, 0) is 30.9 Å². The molecule has 26 heavy (non-hydrogen) atoms. The Labute approximate surface area is 149 Å². The van der Waals surface area contributed by atoms with Crippen LogP contribution in [-0.2, 0) is 6.18 Å². The van der Waals surface area contributed by atoms with E-state index in [1.807, 2.05) is 13.8 Å². The monoisotopic (exact) mass is 369 g/mol. The number of amides is 2. The summed E-state index contributed by atoms with van der Waals surface area (Å²) in [6.45, 7) is 5.38. The number of urea groups is 1. The van der Waals surface area contributed by atoms with Crippen LogP contribution in [0.15, 0.2) is 18.3 Å². The second-order valence-corrected chi connectivity index (χ2v) is 6.95. The molecule has 0 saturated carbocycles. The average Bonchev–Trinajstić information content (AvgIpc) is 2.99. The SMILES string of the molecule is CC(C)CNC(=O)N1CCC(n2c(C(F)(F)F)nc3cccnc32)CC1. The summed E-state index contributed by atoms with van der Waals surface area (Å²) in [5, 5.41) is 2.84. The first-order chi connectivity index (χ1) is 12.3. The van der Waals surface area contributed by atoms with E-state index in [-0.39, 0.29) is 23.2 Å². The molecule has 2 aromatic heterocycles. The minimum atomic E-state index is -4.55. The number of carbonyl (C=O) groups excluding carboxylic acids is 1. The first kappa shape index (κ1) is 18.5. The molecule has 6 nitrogen and oxygen atoms in total. The van der Waals surface area contributed by atoms with Gasteiger partial charge in [-0.25, -0.2) is 14.8 Å². The predicted molar refractivity (Wildman–Crippen MR) is 90.6 cm³/mol. The van der Waals surface area contributed by atoms with Crippen LogP contribution in [-0.4, -0.2) is 45.1 Å². The highest BCUT2D eigenvalue weighted by atomic mass is 19.4. The Bertz CT molecular complexity index is 778. The van der Waals surface area contributed by atoms with E-state index in [0.717, 1.165) is 0 Å². The van der Waals surface area contributed by atoms with Gasteiger partial charge in [0.15, 0.2) is 5.65 Å². The fourth-order valence-electron chi connectivity index (χ4n) is 3.21. The van der Waals surface area contributed by atoms with E-state index in [1.165, 1.54) is 16.8 Å². The molecule has 0 bridgehead atoms. The standard InChI is InChI=1S/C17H22F3N5O/c1-11(2)10-22-16(26)24-8-5-12(6-9-24)25-14-13(4-3-7-21-14)23-15(25)17(18,19)20/h3-4,7,11-12H,5-6,8-10H2,1-2H3,(H,22,26). The number of rotatable bonds is 3. The number of alkyl halides is 3. The van der Waals surface area contributed by atoms with Crippen molar-refractivity contribution in [2.75, 3.05) is 19.6 Å². The number of aromatic nitrogens is 3. The summed E-state index contributed by atoms with van der Waals surface area (Å²) < 4.78 is 41.5. The molecule has 1 N–H and O–H groups in total. The highest BCUT2D eigenvalue weighted by Crippen LogP contribution is 2.36. The predicted octanol–water partition coefficient (Wildman–Crippen LogP) is 3.45. The number of carbonyl (C=O) groups is 1. The van der Waals surface area contributed by atoms with Gasteiger partial charge in [0.1, 0.15) is 5.52 Å². The normalized spacial score (nSPS) is 16.5. The fraction of sp³-hybridized carbons (Fsp3) is 0.588. The lowest BCUT2D eigenvalue weighted by atomic mass is 10.0. The van der Waals surface area contributed by atoms with Gasteiger partial charge >= 0.3 is 12.2 Å². The average molecular weight is 369 g/mol. The van der Waals surface area contributed by atoms with Crippen LogP contribution in [0.3, 0.4) is 0 Å². The van der Waals surface area contributed by atoms with E-state index >= 15 is 0 Å². The summed E-state index contributed by atoms with van der Waals surface area (Å²) in [7, 11) is 0. The zero-order chi connectivity index (χ0) is 18.9. The highest BCUT2D eigenvalue weighted by Gasteiger charge is 2.40. The summed E-state index contributed by atoms with van der Waals surface area (Å²) >= 11 is 0. The van der Waals surface area contributed by atoms with Crippen molar-refractivity contribution in [2.24, 2.45) is 5.92 Å².